The molecule has 0 aromatic heterocycles. The highest BCUT2D eigenvalue weighted by Crippen LogP contribution is 2.12. The summed E-state index contributed by atoms with van der Waals surface area (Å²) in [6.45, 7) is 1.48. The first-order chi connectivity index (χ1) is 12.2. The van der Waals surface area contributed by atoms with E-state index in [9.17, 15) is 13.2 Å². The van der Waals surface area contributed by atoms with E-state index in [0.29, 0.717) is 26.1 Å². The molecular weight excluding hydrogens is 418 g/mol. The number of carbonyl (C=O) groups excluding carboxylic acids is 1. The van der Waals surface area contributed by atoms with Crippen molar-refractivity contribution < 1.29 is 13.2 Å². The lowest BCUT2D eigenvalue weighted by molar-refractivity contribution is -0.122. The summed E-state index contributed by atoms with van der Waals surface area (Å²) in [6.07, 6.45) is 0.618. The van der Waals surface area contributed by atoms with E-state index < -0.39 is 10.0 Å². The Morgan fingerprint density at radius 1 is 1.08 bits per heavy atom. The van der Waals surface area contributed by atoms with Gasteiger partial charge in [-0.2, -0.15) is 0 Å². The topological polar surface area (TPSA) is 92.5 Å². The average molecular weight is 440 g/mol. The molecule has 0 aliphatic rings. The van der Waals surface area contributed by atoms with Crippen LogP contribution in [0.15, 0.2) is 57.9 Å². The Hall–Kier alpha value is -1.74. The van der Waals surface area contributed by atoms with Gasteiger partial charge in [-0.05, 0) is 48.9 Å². The molecule has 0 bridgehead atoms. The van der Waals surface area contributed by atoms with Gasteiger partial charge in [0.2, 0.25) is 15.9 Å². The Bertz CT molecular complexity index is 837. The minimum absolute atomic E-state index is 0.0502. The van der Waals surface area contributed by atoms with Crippen molar-refractivity contribution in [2.24, 2.45) is 5.14 Å². The van der Waals surface area contributed by atoms with Gasteiger partial charge in [0.25, 0.3) is 0 Å². The number of halogens is 1. The maximum atomic E-state index is 12.0. The Morgan fingerprint density at radius 3 is 2.23 bits per heavy atom. The predicted molar refractivity (Wildman–Crippen MR) is 105 cm³/mol. The number of benzene rings is 2. The molecule has 0 saturated heterocycles. The Morgan fingerprint density at radius 2 is 1.65 bits per heavy atom. The second-order valence-electron chi connectivity index (χ2n) is 6.09. The first kappa shape index (κ1) is 20.6. The van der Waals surface area contributed by atoms with Crippen LogP contribution in [-0.2, 0) is 27.8 Å². The molecule has 0 heterocycles. The van der Waals surface area contributed by atoms with E-state index in [1.54, 1.807) is 12.1 Å². The summed E-state index contributed by atoms with van der Waals surface area (Å²) >= 11 is 3.40. The lowest BCUT2D eigenvalue weighted by atomic mass is 10.1. The summed E-state index contributed by atoms with van der Waals surface area (Å²) in [7, 11) is -1.78. The lowest BCUT2D eigenvalue weighted by Gasteiger charge is -2.16. The van der Waals surface area contributed by atoms with Crippen molar-refractivity contribution in [3.05, 3.63) is 64.1 Å². The molecule has 0 unspecified atom stereocenters. The van der Waals surface area contributed by atoms with Gasteiger partial charge in [-0.3, -0.25) is 9.69 Å². The van der Waals surface area contributed by atoms with Crippen LogP contribution in [-0.4, -0.2) is 39.4 Å². The molecule has 6 nitrogen and oxygen atoms in total. The van der Waals surface area contributed by atoms with Crippen molar-refractivity contribution in [1.29, 1.82) is 0 Å². The molecule has 0 atom stereocenters. The van der Waals surface area contributed by atoms with Gasteiger partial charge in [0, 0.05) is 17.6 Å². The van der Waals surface area contributed by atoms with Gasteiger partial charge in [-0.25, -0.2) is 13.6 Å². The van der Waals surface area contributed by atoms with E-state index in [1.807, 2.05) is 36.2 Å². The molecule has 0 radical (unpaired) electrons. The van der Waals surface area contributed by atoms with Gasteiger partial charge in [0.15, 0.2) is 0 Å². The number of primary sulfonamides is 1. The fraction of sp³-hybridized carbons (Fsp3) is 0.278. The van der Waals surface area contributed by atoms with Gasteiger partial charge < -0.3 is 5.32 Å². The number of sulfonamides is 1. The van der Waals surface area contributed by atoms with Crippen molar-refractivity contribution in [3.8, 4) is 0 Å². The predicted octanol–water partition coefficient (Wildman–Crippen LogP) is 1.89. The molecule has 3 N–H and O–H groups in total. The van der Waals surface area contributed by atoms with Gasteiger partial charge in [0.1, 0.15) is 0 Å². The van der Waals surface area contributed by atoms with E-state index in [-0.39, 0.29) is 10.8 Å². The fourth-order valence-electron chi connectivity index (χ4n) is 2.45. The largest absolute Gasteiger partial charge is 0.355 e. The van der Waals surface area contributed by atoms with Gasteiger partial charge in [0.05, 0.1) is 11.4 Å². The summed E-state index contributed by atoms with van der Waals surface area (Å²) in [4.78, 5) is 14.0. The summed E-state index contributed by atoms with van der Waals surface area (Å²) in [6, 6.07) is 14.3. The third-order valence-electron chi connectivity index (χ3n) is 3.77. The summed E-state index contributed by atoms with van der Waals surface area (Å²) < 4.78 is 23.4. The maximum Gasteiger partial charge on any atom is 0.238 e. The second kappa shape index (κ2) is 9.27. The molecule has 8 heteroatoms. The molecule has 2 rings (SSSR count). The highest BCUT2D eigenvalue weighted by Gasteiger charge is 2.08. The van der Waals surface area contributed by atoms with Crippen LogP contribution >= 0.6 is 15.9 Å². The first-order valence-corrected chi connectivity index (χ1v) is 10.4. The standard InChI is InChI=1S/C18H22BrN3O3S/c1-22(12-15-2-6-16(19)7-3-15)13-18(23)21-11-10-14-4-8-17(9-5-14)26(20,24)25/h2-9H,10-13H2,1H3,(H,21,23)(H2,20,24,25). The highest BCUT2D eigenvalue weighted by molar-refractivity contribution is 9.10. The summed E-state index contributed by atoms with van der Waals surface area (Å²) in [5, 5.41) is 7.93. The molecule has 0 saturated carbocycles. The number of amides is 1. The van der Waals surface area contributed by atoms with Gasteiger partial charge in [-0.1, -0.05) is 40.2 Å². The number of likely N-dealkylation sites (N-methyl/N-ethyl adjacent to an activating group) is 1. The molecule has 0 spiro atoms. The number of hydrogen-bond donors (Lipinski definition) is 2. The van der Waals surface area contributed by atoms with Crippen molar-refractivity contribution in [2.75, 3.05) is 20.1 Å². The molecule has 1 amide bonds. The van der Waals surface area contributed by atoms with Crippen molar-refractivity contribution in [2.45, 2.75) is 17.9 Å². The minimum atomic E-state index is -3.67. The SMILES string of the molecule is CN(CC(=O)NCCc1ccc(S(N)(=O)=O)cc1)Cc1ccc(Br)cc1. The number of nitrogens with two attached hydrogens (primary N) is 1. The smallest absolute Gasteiger partial charge is 0.238 e. The normalized spacial score (nSPS) is 11.5. The number of nitrogens with one attached hydrogen (secondary N) is 1. The molecule has 0 aliphatic carbocycles. The van der Waals surface area contributed by atoms with Crippen LogP contribution in [0.1, 0.15) is 11.1 Å². The van der Waals surface area contributed by atoms with E-state index in [4.69, 9.17) is 5.14 Å². The molecule has 26 heavy (non-hydrogen) atoms. The van der Waals surface area contributed by atoms with Crippen molar-refractivity contribution >= 4 is 31.9 Å². The second-order valence-corrected chi connectivity index (χ2v) is 8.56. The minimum Gasteiger partial charge on any atom is -0.355 e. The zero-order valence-corrected chi connectivity index (χ0v) is 16.9. The number of rotatable bonds is 8. The number of hydrogen-bond acceptors (Lipinski definition) is 4. The molecule has 0 fully saturated rings. The van der Waals surface area contributed by atoms with Crippen LogP contribution in [0.4, 0.5) is 0 Å². The molecule has 2 aromatic carbocycles. The number of nitrogens with zero attached hydrogens (tertiary/aromatic N) is 1. The van der Waals surface area contributed by atoms with Crippen LogP contribution in [0.2, 0.25) is 0 Å². The maximum absolute atomic E-state index is 12.0. The summed E-state index contributed by atoms with van der Waals surface area (Å²) in [5.74, 6) is -0.0502. The highest BCUT2D eigenvalue weighted by atomic mass is 79.9. The molecule has 2 aromatic rings. The van der Waals surface area contributed by atoms with E-state index in [0.717, 1.165) is 15.6 Å². The molecule has 140 valence electrons. The third kappa shape index (κ3) is 6.87. The van der Waals surface area contributed by atoms with Crippen LogP contribution in [0, 0.1) is 0 Å². The van der Waals surface area contributed by atoms with E-state index >= 15 is 0 Å². The summed E-state index contributed by atoms with van der Waals surface area (Å²) in [5.41, 5.74) is 2.07. The van der Waals surface area contributed by atoms with Gasteiger partial charge >= 0.3 is 0 Å². The lowest BCUT2D eigenvalue weighted by Crippen LogP contribution is -2.35. The molecule has 0 aliphatic heterocycles. The zero-order valence-electron chi connectivity index (χ0n) is 14.5. The average Bonchev–Trinajstić information content (AvgIpc) is 2.56. The monoisotopic (exact) mass is 439 g/mol. The van der Waals surface area contributed by atoms with E-state index in [2.05, 4.69) is 21.2 Å². The van der Waals surface area contributed by atoms with Crippen molar-refractivity contribution in [3.63, 3.8) is 0 Å². The van der Waals surface area contributed by atoms with Crippen LogP contribution in [0.3, 0.4) is 0 Å². The first-order valence-electron chi connectivity index (χ1n) is 8.05. The zero-order chi connectivity index (χ0) is 19.2. The Balaban J connectivity index is 1.73. The van der Waals surface area contributed by atoms with Crippen LogP contribution in [0.5, 0.6) is 0 Å². The third-order valence-corrected chi connectivity index (χ3v) is 5.22. The fourth-order valence-corrected chi connectivity index (χ4v) is 3.23. The molecular formula is C18H22BrN3O3S. The number of carbonyl (C=O) groups is 1. The van der Waals surface area contributed by atoms with Crippen LogP contribution in [0.25, 0.3) is 0 Å². The Kier molecular flexibility index (Phi) is 7.33. The van der Waals surface area contributed by atoms with E-state index in [1.165, 1.54) is 12.1 Å². The Labute approximate surface area is 162 Å². The van der Waals surface area contributed by atoms with Gasteiger partial charge in [-0.15, -0.1) is 0 Å². The quantitative estimate of drug-likeness (QED) is 0.656. The van der Waals surface area contributed by atoms with Crippen molar-refractivity contribution in [1.82, 2.24) is 10.2 Å². The van der Waals surface area contributed by atoms with Crippen LogP contribution < -0.4 is 10.5 Å².